The Morgan fingerprint density at radius 2 is 1.95 bits per heavy atom. The quantitative estimate of drug-likeness (QED) is 0.887. The van der Waals surface area contributed by atoms with Crippen LogP contribution >= 0.6 is 11.6 Å². The van der Waals surface area contributed by atoms with Crippen LogP contribution in [-0.4, -0.2) is 19.2 Å². The van der Waals surface area contributed by atoms with Gasteiger partial charge in [-0.05, 0) is 23.8 Å². The smallest absolute Gasteiger partial charge is 0.161 e. The second kappa shape index (κ2) is 6.34. The molecule has 5 nitrogen and oxygen atoms in total. The van der Waals surface area contributed by atoms with Crippen molar-refractivity contribution in [1.82, 2.24) is 4.98 Å². The summed E-state index contributed by atoms with van der Waals surface area (Å²) < 4.78 is 10.5. The van der Waals surface area contributed by atoms with Gasteiger partial charge in [-0.3, -0.25) is 0 Å². The molecule has 6 heteroatoms. The summed E-state index contributed by atoms with van der Waals surface area (Å²) in [6, 6.07) is 7.36. The molecule has 0 fully saturated rings. The molecule has 0 aliphatic rings. The first-order valence-corrected chi connectivity index (χ1v) is 6.37. The van der Waals surface area contributed by atoms with Crippen LogP contribution < -0.4 is 20.5 Å². The lowest BCUT2D eigenvalue weighted by Crippen LogP contribution is -2.04. The third-order valence-electron chi connectivity index (χ3n) is 2.79. The number of halogens is 1. The lowest BCUT2D eigenvalue weighted by molar-refractivity contribution is 0.354. The molecule has 0 spiro atoms. The minimum absolute atomic E-state index is 0.512. The number of hydrogen-bond acceptors (Lipinski definition) is 5. The fraction of sp³-hybridized carbons (Fsp3) is 0.214. The monoisotopic (exact) mass is 293 g/mol. The molecule has 2 aromatic rings. The minimum Gasteiger partial charge on any atom is -0.493 e. The van der Waals surface area contributed by atoms with Crippen molar-refractivity contribution in [2.45, 2.75) is 6.54 Å². The number of anilines is 2. The number of methoxy groups -OCH3 is 2. The van der Waals surface area contributed by atoms with Gasteiger partial charge in [0.2, 0.25) is 0 Å². The van der Waals surface area contributed by atoms with E-state index in [-0.39, 0.29) is 0 Å². The summed E-state index contributed by atoms with van der Waals surface area (Å²) in [7, 11) is 3.21. The third kappa shape index (κ3) is 3.24. The maximum Gasteiger partial charge on any atom is 0.161 e. The van der Waals surface area contributed by atoms with Crippen LogP contribution in [0.2, 0.25) is 5.02 Å². The van der Waals surface area contributed by atoms with Gasteiger partial charge in [-0.1, -0.05) is 17.7 Å². The largest absolute Gasteiger partial charge is 0.493 e. The first kappa shape index (κ1) is 14.3. The van der Waals surface area contributed by atoms with E-state index in [1.165, 1.54) is 0 Å². The molecular formula is C14H16ClN3O2. The van der Waals surface area contributed by atoms with Crippen molar-refractivity contribution in [3.63, 3.8) is 0 Å². The lowest BCUT2D eigenvalue weighted by Gasteiger charge is -2.11. The average molecular weight is 294 g/mol. The highest BCUT2D eigenvalue weighted by molar-refractivity contribution is 6.30. The summed E-state index contributed by atoms with van der Waals surface area (Å²) in [4.78, 5) is 4.15. The number of aromatic nitrogens is 1. The van der Waals surface area contributed by atoms with Crippen LogP contribution in [0.1, 0.15) is 5.56 Å². The topological polar surface area (TPSA) is 69.4 Å². The van der Waals surface area contributed by atoms with Crippen LogP contribution in [0.4, 0.5) is 11.5 Å². The second-order valence-corrected chi connectivity index (χ2v) is 4.57. The zero-order valence-electron chi connectivity index (χ0n) is 11.3. The molecule has 0 aliphatic carbocycles. The van der Waals surface area contributed by atoms with Gasteiger partial charge < -0.3 is 20.5 Å². The zero-order valence-corrected chi connectivity index (χ0v) is 12.1. The Labute approximate surface area is 122 Å². The maximum absolute atomic E-state index is 5.83. The normalized spacial score (nSPS) is 10.2. The molecular weight excluding hydrogens is 278 g/mol. The van der Waals surface area contributed by atoms with Gasteiger partial charge in [0.1, 0.15) is 5.82 Å². The molecule has 106 valence electrons. The number of nitrogens with one attached hydrogen (secondary N) is 1. The molecule has 0 atom stereocenters. The standard InChI is InChI=1S/C14H16ClN3O2/c1-19-12-4-3-9(5-13(12)20-2)7-17-14-11(16)6-10(15)8-18-14/h3-6,8H,7,16H2,1-2H3,(H,17,18). The Morgan fingerprint density at radius 3 is 2.60 bits per heavy atom. The van der Waals surface area contributed by atoms with Crippen molar-refractivity contribution in [3.05, 3.63) is 41.0 Å². The van der Waals surface area contributed by atoms with Crippen molar-refractivity contribution in [3.8, 4) is 11.5 Å². The molecule has 0 unspecified atom stereocenters. The average Bonchev–Trinajstić information content (AvgIpc) is 2.46. The van der Waals surface area contributed by atoms with Crippen LogP contribution in [0.5, 0.6) is 11.5 Å². The summed E-state index contributed by atoms with van der Waals surface area (Å²) in [5, 5.41) is 3.67. The summed E-state index contributed by atoms with van der Waals surface area (Å²) in [5.41, 5.74) is 7.37. The van der Waals surface area contributed by atoms with E-state index in [4.69, 9.17) is 26.8 Å². The van der Waals surface area contributed by atoms with Crippen molar-refractivity contribution in [1.29, 1.82) is 0 Å². The number of nitrogens with zero attached hydrogens (tertiary/aromatic N) is 1. The van der Waals surface area contributed by atoms with E-state index in [1.54, 1.807) is 26.5 Å². The third-order valence-corrected chi connectivity index (χ3v) is 3.00. The van der Waals surface area contributed by atoms with Crippen LogP contribution in [0.15, 0.2) is 30.5 Å². The van der Waals surface area contributed by atoms with Crippen LogP contribution in [-0.2, 0) is 6.54 Å². The molecule has 2 rings (SSSR count). The Morgan fingerprint density at radius 1 is 1.20 bits per heavy atom. The Bertz CT molecular complexity index is 605. The van der Waals surface area contributed by atoms with Crippen LogP contribution in [0.25, 0.3) is 0 Å². The Hall–Kier alpha value is -2.14. The molecule has 0 radical (unpaired) electrons. The van der Waals surface area contributed by atoms with Gasteiger partial charge in [0.15, 0.2) is 11.5 Å². The number of pyridine rings is 1. The highest BCUT2D eigenvalue weighted by Crippen LogP contribution is 2.28. The fourth-order valence-electron chi connectivity index (χ4n) is 1.78. The van der Waals surface area contributed by atoms with Gasteiger partial charge >= 0.3 is 0 Å². The zero-order chi connectivity index (χ0) is 14.5. The molecule has 0 saturated heterocycles. The van der Waals surface area contributed by atoms with Crippen molar-refractivity contribution in [2.75, 3.05) is 25.3 Å². The van der Waals surface area contributed by atoms with Crippen LogP contribution in [0, 0.1) is 0 Å². The number of hydrogen-bond donors (Lipinski definition) is 2. The summed E-state index contributed by atoms with van der Waals surface area (Å²) in [6.45, 7) is 0.569. The number of ether oxygens (including phenoxy) is 2. The first-order valence-electron chi connectivity index (χ1n) is 6.00. The molecule has 0 saturated carbocycles. The van der Waals surface area contributed by atoms with E-state index in [2.05, 4.69) is 10.3 Å². The Kier molecular flexibility index (Phi) is 4.53. The highest BCUT2D eigenvalue weighted by atomic mass is 35.5. The van der Waals surface area contributed by atoms with Gasteiger partial charge in [-0.15, -0.1) is 0 Å². The van der Waals surface area contributed by atoms with Gasteiger partial charge in [-0.25, -0.2) is 4.98 Å². The second-order valence-electron chi connectivity index (χ2n) is 4.13. The van der Waals surface area contributed by atoms with E-state index in [0.717, 1.165) is 5.56 Å². The van der Waals surface area contributed by atoms with Crippen molar-refractivity contribution in [2.24, 2.45) is 0 Å². The summed E-state index contributed by atoms with van der Waals surface area (Å²) in [5.74, 6) is 1.98. The van der Waals surface area contributed by atoms with E-state index in [9.17, 15) is 0 Å². The molecule has 1 heterocycles. The van der Waals surface area contributed by atoms with E-state index in [1.807, 2.05) is 18.2 Å². The molecule has 1 aromatic heterocycles. The van der Waals surface area contributed by atoms with Crippen molar-refractivity contribution < 1.29 is 9.47 Å². The molecule has 3 N–H and O–H groups in total. The number of nitrogen functional groups attached to an aromatic ring is 1. The van der Waals surface area contributed by atoms with Gasteiger partial charge in [0, 0.05) is 12.7 Å². The Balaban J connectivity index is 2.10. The van der Waals surface area contributed by atoms with Gasteiger partial charge in [0.25, 0.3) is 0 Å². The van der Waals surface area contributed by atoms with E-state index >= 15 is 0 Å². The molecule has 0 bridgehead atoms. The summed E-state index contributed by atoms with van der Waals surface area (Å²) in [6.07, 6.45) is 1.55. The first-order chi connectivity index (χ1) is 9.63. The number of benzene rings is 1. The number of nitrogens with two attached hydrogens (primary N) is 1. The van der Waals surface area contributed by atoms with Gasteiger partial charge in [0.05, 0.1) is 24.9 Å². The predicted molar refractivity (Wildman–Crippen MR) is 80.5 cm³/mol. The minimum atomic E-state index is 0.512. The predicted octanol–water partition coefficient (Wildman–Crippen LogP) is 2.95. The van der Waals surface area contributed by atoms with Gasteiger partial charge in [-0.2, -0.15) is 0 Å². The lowest BCUT2D eigenvalue weighted by atomic mass is 10.2. The maximum atomic E-state index is 5.83. The molecule has 1 aromatic carbocycles. The highest BCUT2D eigenvalue weighted by Gasteiger charge is 2.06. The fourth-order valence-corrected chi connectivity index (χ4v) is 1.95. The summed E-state index contributed by atoms with van der Waals surface area (Å²) >= 11 is 5.81. The van der Waals surface area contributed by atoms with Crippen LogP contribution in [0.3, 0.4) is 0 Å². The number of rotatable bonds is 5. The molecule has 0 aliphatic heterocycles. The molecule has 0 amide bonds. The van der Waals surface area contributed by atoms with Crippen molar-refractivity contribution >= 4 is 23.1 Å². The van der Waals surface area contributed by atoms with E-state index < -0.39 is 0 Å². The molecule has 20 heavy (non-hydrogen) atoms. The van der Waals surface area contributed by atoms with E-state index in [0.29, 0.717) is 34.6 Å². The SMILES string of the molecule is COc1ccc(CNc2ncc(Cl)cc2N)cc1OC.